The van der Waals surface area contributed by atoms with Gasteiger partial charge in [0.05, 0.1) is 18.7 Å². The third-order valence-corrected chi connectivity index (χ3v) is 8.31. The number of hydrogen-bond donors (Lipinski definition) is 2. The van der Waals surface area contributed by atoms with E-state index in [1.165, 1.54) is 0 Å². The summed E-state index contributed by atoms with van der Waals surface area (Å²) in [6.45, 7) is 4.57. The first-order chi connectivity index (χ1) is 18.4. The highest BCUT2D eigenvalue weighted by molar-refractivity contribution is 7.84. The molecule has 1 aliphatic heterocycles. The van der Waals surface area contributed by atoms with E-state index in [9.17, 15) is 13.8 Å². The van der Waals surface area contributed by atoms with Gasteiger partial charge in [-0.25, -0.2) is 0 Å². The van der Waals surface area contributed by atoms with Crippen LogP contribution in [0.25, 0.3) is 10.9 Å². The Hall–Kier alpha value is -2.56. The third-order valence-electron chi connectivity index (χ3n) is 6.57. The summed E-state index contributed by atoms with van der Waals surface area (Å²) in [5, 5.41) is 12.9. The number of pyridine rings is 1. The maximum atomic E-state index is 13.5. The second-order valence-electron chi connectivity index (χ2n) is 9.39. The normalized spacial score (nSPS) is 15.0. The molecule has 1 unspecified atom stereocenters. The highest BCUT2D eigenvalue weighted by Crippen LogP contribution is 2.18. The number of carbonyl (C=O) groups excluding carboxylic acids is 1. The van der Waals surface area contributed by atoms with Gasteiger partial charge in [-0.2, -0.15) is 0 Å². The monoisotopic (exact) mass is 559 g/mol. The minimum Gasteiger partial charge on any atom is -0.396 e. The third kappa shape index (κ3) is 7.74. The molecule has 2 N–H and O–H groups in total. The number of aliphatic hydroxyl groups is 1. The zero-order valence-electron chi connectivity index (χ0n) is 21.4. The highest BCUT2D eigenvalue weighted by atomic mass is 35.5. The summed E-state index contributed by atoms with van der Waals surface area (Å²) in [5.41, 5.74) is 2.40. The van der Waals surface area contributed by atoms with Crippen molar-refractivity contribution >= 4 is 39.2 Å². The van der Waals surface area contributed by atoms with Crippen LogP contribution < -0.4 is 10.7 Å². The zero-order valence-corrected chi connectivity index (χ0v) is 22.9. The van der Waals surface area contributed by atoms with Gasteiger partial charge < -0.3 is 19.7 Å². The van der Waals surface area contributed by atoms with Gasteiger partial charge >= 0.3 is 0 Å². The van der Waals surface area contributed by atoms with Crippen LogP contribution in [-0.4, -0.2) is 69.1 Å². The average Bonchev–Trinajstić information content (AvgIpc) is 2.93. The van der Waals surface area contributed by atoms with Crippen LogP contribution in [-0.2, 0) is 35.2 Å². The largest absolute Gasteiger partial charge is 0.396 e. The molecule has 4 rings (SSSR count). The van der Waals surface area contributed by atoms with E-state index in [2.05, 4.69) is 10.2 Å². The number of aromatic nitrogens is 1. The van der Waals surface area contributed by atoms with E-state index in [0.29, 0.717) is 61.1 Å². The van der Waals surface area contributed by atoms with E-state index < -0.39 is 16.7 Å². The summed E-state index contributed by atoms with van der Waals surface area (Å²) in [5.74, 6) is 0.511. The topological polar surface area (TPSA) is 101 Å². The standard InChI is InChI=1S/C28H34ClN3O5S/c29-23-6-3-21(4-7-23)18-30-28(35)25-20-32(9-1-15-38(36)16-2-12-33)26-8-5-22(17-24(26)27(25)34)19-31-10-13-37-14-11-31/h3-8,17,20,33H,1-2,9-16,18-19H2,(H,30,35). The van der Waals surface area contributed by atoms with E-state index in [1.807, 2.05) is 34.9 Å². The van der Waals surface area contributed by atoms with Crippen molar-refractivity contribution in [1.82, 2.24) is 14.8 Å². The molecule has 0 bridgehead atoms. The van der Waals surface area contributed by atoms with Crippen LogP contribution in [0, 0.1) is 0 Å². The van der Waals surface area contributed by atoms with E-state index in [4.69, 9.17) is 21.4 Å². The maximum Gasteiger partial charge on any atom is 0.257 e. The van der Waals surface area contributed by atoms with Gasteiger partial charge in [0.15, 0.2) is 0 Å². The molecule has 10 heteroatoms. The van der Waals surface area contributed by atoms with Crippen LogP contribution in [0.3, 0.4) is 0 Å². The summed E-state index contributed by atoms with van der Waals surface area (Å²) in [6, 6.07) is 13.0. The molecule has 1 atom stereocenters. The minimum absolute atomic E-state index is 0.0252. The molecule has 204 valence electrons. The number of fused-ring (bicyclic) bond motifs is 1. The summed E-state index contributed by atoms with van der Waals surface area (Å²) in [4.78, 5) is 29.0. The SMILES string of the molecule is O=C(NCc1ccc(Cl)cc1)c1cn(CCCS(=O)CCCO)c2ccc(CN3CCOCC3)cc2c1=O. The van der Waals surface area contributed by atoms with Crippen LogP contribution in [0.1, 0.15) is 34.3 Å². The molecular formula is C28H34ClN3O5S. The van der Waals surface area contributed by atoms with Crippen molar-refractivity contribution in [3.63, 3.8) is 0 Å². The number of nitrogens with one attached hydrogen (secondary N) is 1. The Morgan fingerprint density at radius 3 is 2.50 bits per heavy atom. The molecule has 38 heavy (non-hydrogen) atoms. The molecule has 2 heterocycles. The number of morpholine rings is 1. The quantitative estimate of drug-likeness (QED) is 0.354. The average molecular weight is 560 g/mol. The number of aliphatic hydroxyl groups excluding tert-OH is 1. The van der Waals surface area contributed by atoms with Gasteiger partial charge in [-0.1, -0.05) is 29.8 Å². The predicted octanol–water partition coefficient (Wildman–Crippen LogP) is 2.94. The summed E-state index contributed by atoms with van der Waals surface area (Å²) >= 11 is 5.95. The number of ether oxygens (including phenoxy) is 1. The first kappa shape index (κ1) is 28.4. The lowest BCUT2D eigenvalue weighted by Crippen LogP contribution is -2.35. The Kier molecular flexibility index (Phi) is 10.5. The molecule has 1 aromatic heterocycles. The van der Waals surface area contributed by atoms with Crippen LogP contribution in [0.5, 0.6) is 0 Å². The Bertz CT molecular complexity index is 1320. The molecule has 0 radical (unpaired) electrons. The number of hydrogen-bond acceptors (Lipinski definition) is 6. The lowest BCUT2D eigenvalue weighted by molar-refractivity contribution is 0.0342. The van der Waals surface area contributed by atoms with Gasteiger partial charge in [0.1, 0.15) is 5.56 Å². The van der Waals surface area contributed by atoms with E-state index in [-0.39, 0.29) is 24.1 Å². The van der Waals surface area contributed by atoms with Crippen molar-refractivity contribution in [2.45, 2.75) is 32.5 Å². The van der Waals surface area contributed by atoms with Crippen LogP contribution >= 0.6 is 11.6 Å². The van der Waals surface area contributed by atoms with Crippen molar-refractivity contribution in [2.24, 2.45) is 0 Å². The first-order valence-electron chi connectivity index (χ1n) is 12.9. The van der Waals surface area contributed by atoms with Crippen LogP contribution in [0.15, 0.2) is 53.5 Å². The smallest absolute Gasteiger partial charge is 0.257 e. The molecule has 1 amide bonds. The van der Waals surface area contributed by atoms with Gasteiger partial charge in [0.2, 0.25) is 5.43 Å². The van der Waals surface area contributed by atoms with Gasteiger partial charge in [0.25, 0.3) is 5.91 Å². The molecular weight excluding hydrogens is 526 g/mol. The van der Waals surface area contributed by atoms with E-state index in [0.717, 1.165) is 29.7 Å². The Morgan fingerprint density at radius 2 is 1.76 bits per heavy atom. The number of halogens is 1. The number of carbonyl (C=O) groups is 1. The predicted molar refractivity (Wildman–Crippen MR) is 151 cm³/mol. The van der Waals surface area contributed by atoms with Crippen molar-refractivity contribution in [3.05, 3.63) is 80.6 Å². The zero-order chi connectivity index (χ0) is 26.9. The highest BCUT2D eigenvalue weighted by Gasteiger charge is 2.17. The van der Waals surface area contributed by atoms with Gasteiger partial charge in [0, 0.05) is 78.2 Å². The molecule has 2 aromatic carbocycles. The number of amides is 1. The van der Waals surface area contributed by atoms with Crippen LogP contribution in [0.2, 0.25) is 5.02 Å². The van der Waals surface area contributed by atoms with E-state index >= 15 is 0 Å². The number of nitrogens with zero attached hydrogens (tertiary/aromatic N) is 2. The second-order valence-corrected chi connectivity index (χ2v) is 11.5. The fraction of sp³-hybridized carbons (Fsp3) is 0.429. The molecule has 3 aromatic rings. The molecule has 0 aliphatic carbocycles. The van der Waals surface area contributed by atoms with Crippen LogP contribution in [0.4, 0.5) is 0 Å². The number of benzene rings is 2. The summed E-state index contributed by atoms with van der Waals surface area (Å²) in [6.07, 6.45) is 2.74. The Labute approximate surface area is 230 Å². The van der Waals surface area contributed by atoms with E-state index in [1.54, 1.807) is 18.3 Å². The lowest BCUT2D eigenvalue weighted by Gasteiger charge is -2.26. The molecule has 1 aliphatic rings. The Balaban J connectivity index is 1.59. The number of aryl methyl sites for hydroxylation is 1. The molecule has 0 saturated carbocycles. The molecule has 1 saturated heterocycles. The molecule has 0 spiro atoms. The van der Waals surface area contributed by atoms with Gasteiger partial charge in [-0.15, -0.1) is 0 Å². The van der Waals surface area contributed by atoms with Crippen molar-refractivity contribution in [3.8, 4) is 0 Å². The maximum absolute atomic E-state index is 13.5. The first-order valence-corrected chi connectivity index (χ1v) is 14.8. The fourth-order valence-electron chi connectivity index (χ4n) is 4.51. The van der Waals surface area contributed by atoms with Crippen molar-refractivity contribution < 1.29 is 18.8 Å². The summed E-state index contributed by atoms with van der Waals surface area (Å²) in [7, 11) is -1.02. The van der Waals surface area contributed by atoms with Gasteiger partial charge in [-0.05, 0) is 48.2 Å². The Morgan fingerprint density at radius 1 is 1.05 bits per heavy atom. The van der Waals surface area contributed by atoms with Crippen molar-refractivity contribution in [2.75, 3.05) is 44.4 Å². The second kappa shape index (κ2) is 14.0. The number of rotatable bonds is 12. The molecule has 8 nitrogen and oxygen atoms in total. The van der Waals surface area contributed by atoms with Crippen molar-refractivity contribution in [1.29, 1.82) is 0 Å². The lowest BCUT2D eigenvalue weighted by atomic mass is 10.1. The summed E-state index contributed by atoms with van der Waals surface area (Å²) < 4.78 is 19.6. The van der Waals surface area contributed by atoms with Gasteiger partial charge in [-0.3, -0.25) is 18.7 Å². The fourth-order valence-corrected chi connectivity index (χ4v) is 5.74. The minimum atomic E-state index is -1.02. The molecule has 1 fully saturated rings.